The molecule has 2 aromatic rings. The summed E-state index contributed by atoms with van der Waals surface area (Å²) in [5.74, 6) is -1.15. The lowest BCUT2D eigenvalue weighted by molar-refractivity contribution is -0.141. The van der Waals surface area contributed by atoms with Crippen LogP contribution in [0.2, 0.25) is 0 Å². The monoisotopic (exact) mass is 299 g/mol. The maximum Gasteiger partial charge on any atom is 0.308 e. The summed E-state index contributed by atoms with van der Waals surface area (Å²) in [6.45, 7) is 2.40. The highest BCUT2D eigenvalue weighted by Crippen LogP contribution is 2.33. The summed E-state index contributed by atoms with van der Waals surface area (Å²) in [6.07, 6.45) is 1.42. The van der Waals surface area contributed by atoms with E-state index >= 15 is 0 Å². The molecule has 22 heavy (non-hydrogen) atoms. The number of rotatable bonds is 3. The number of nitrogens with zero attached hydrogens (tertiary/aromatic N) is 1. The number of benzene rings is 1. The van der Waals surface area contributed by atoms with Gasteiger partial charge in [0.15, 0.2) is 0 Å². The Morgan fingerprint density at radius 1 is 1.23 bits per heavy atom. The Bertz CT molecular complexity index is 692. The fourth-order valence-electron chi connectivity index (χ4n) is 3.00. The van der Waals surface area contributed by atoms with Crippen LogP contribution in [0.1, 0.15) is 27.6 Å². The Balaban J connectivity index is 1.84. The molecule has 1 aliphatic heterocycles. The highest BCUT2D eigenvalue weighted by molar-refractivity contribution is 5.94. The Hall–Kier alpha value is -2.56. The van der Waals surface area contributed by atoms with Crippen molar-refractivity contribution in [3.05, 3.63) is 59.5 Å². The van der Waals surface area contributed by atoms with Crippen molar-refractivity contribution < 1.29 is 19.1 Å². The van der Waals surface area contributed by atoms with Crippen molar-refractivity contribution in [1.82, 2.24) is 4.90 Å². The normalized spacial score (nSPS) is 21.0. The molecule has 1 fully saturated rings. The molecule has 5 nitrogen and oxygen atoms in total. The van der Waals surface area contributed by atoms with E-state index in [4.69, 9.17) is 4.42 Å². The maximum absolute atomic E-state index is 12.5. The number of likely N-dealkylation sites (tertiary alicyclic amines) is 1. The molecule has 0 saturated carbocycles. The molecule has 114 valence electrons. The summed E-state index contributed by atoms with van der Waals surface area (Å²) in [5, 5.41) is 9.46. The first-order valence-electron chi connectivity index (χ1n) is 7.18. The second-order valence-corrected chi connectivity index (χ2v) is 5.62. The third-order valence-corrected chi connectivity index (χ3v) is 4.13. The van der Waals surface area contributed by atoms with E-state index < -0.39 is 11.9 Å². The summed E-state index contributed by atoms with van der Waals surface area (Å²) < 4.78 is 5.17. The molecule has 2 heterocycles. The van der Waals surface area contributed by atoms with E-state index in [9.17, 15) is 14.7 Å². The lowest BCUT2D eigenvalue weighted by Gasteiger charge is -2.15. The highest BCUT2D eigenvalue weighted by Gasteiger charge is 2.40. The largest absolute Gasteiger partial charge is 0.481 e. The Morgan fingerprint density at radius 3 is 2.55 bits per heavy atom. The molecule has 0 radical (unpaired) electrons. The summed E-state index contributed by atoms with van der Waals surface area (Å²) >= 11 is 0. The first-order chi connectivity index (χ1) is 10.6. The molecule has 0 spiro atoms. The highest BCUT2D eigenvalue weighted by atomic mass is 16.4. The van der Waals surface area contributed by atoms with Crippen LogP contribution in [0.4, 0.5) is 0 Å². The molecule has 0 bridgehead atoms. The number of carboxylic acid groups (broad SMARTS) is 1. The molecule has 1 aromatic heterocycles. The summed E-state index contributed by atoms with van der Waals surface area (Å²) in [7, 11) is 0. The number of amides is 1. The minimum atomic E-state index is -0.868. The van der Waals surface area contributed by atoms with Gasteiger partial charge in [-0.25, -0.2) is 0 Å². The molecule has 1 amide bonds. The number of aliphatic carboxylic acids is 1. The Labute approximate surface area is 128 Å². The number of aryl methyl sites for hydroxylation is 1. The predicted molar refractivity (Wildman–Crippen MR) is 79.7 cm³/mol. The van der Waals surface area contributed by atoms with Gasteiger partial charge < -0.3 is 14.4 Å². The quantitative estimate of drug-likeness (QED) is 0.945. The molecule has 5 heteroatoms. The van der Waals surface area contributed by atoms with Crippen LogP contribution in [-0.4, -0.2) is 35.0 Å². The van der Waals surface area contributed by atoms with E-state index in [0.717, 1.165) is 5.56 Å². The van der Waals surface area contributed by atoms with Crippen LogP contribution in [0.15, 0.2) is 47.1 Å². The van der Waals surface area contributed by atoms with Gasteiger partial charge in [-0.2, -0.15) is 0 Å². The number of carbonyl (C=O) groups excluding carboxylic acids is 1. The van der Waals surface area contributed by atoms with Crippen LogP contribution < -0.4 is 0 Å². The van der Waals surface area contributed by atoms with Crippen molar-refractivity contribution in [3.8, 4) is 0 Å². The van der Waals surface area contributed by atoms with E-state index in [0.29, 0.717) is 17.9 Å². The number of furan rings is 1. The van der Waals surface area contributed by atoms with Crippen LogP contribution in [0.3, 0.4) is 0 Å². The predicted octanol–water partition coefficient (Wildman–Crippen LogP) is 2.53. The van der Waals surface area contributed by atoms with E-state index in [2.05, 4.69) is 0 Å². The molecule has 3 rings (SSSR count). The van der Waals surface area contributed by atoms with Gasteiger partial charge in [0.05, 0.1) is 11.5 Å². The van der Waals surface area contributed by atoms with Gasteiger partial charge in [-0.05, 0) is 18.6 Å². The summed E-state index contributed by atoms with van der Waals surface area (Å²) in [5.41, 5.74) is 1.42. The Kier molecular flexibility index (Phi) is 3.71. The van der Waals surface area contributed by atoms with E-state index in [1.54, 1.807) is 17.9 Å². The van der Waals surface area contributed by atoms with Crippen molar-refractivity contribution in [2.45, 2.75) is 12.8 Å². The summed E-state index contributed by atoms with van der Waals surface area (Å²) in [4.78, 5) is 25.6. The third kappa shape index (κ3) is 2.62. The number of carbonyl (C=O) groups is 2. The second kappa shape index (κ2) is 5.67. The van der Waals surface area contributed by atoms with Gasteiger partial charge in [-0.1, -0.05) is 30.3 Å². The van der Waals surface area contributed by atoms with E-state index in [1.807, 2.05) is 30.3 Å². The molecular weight excluding hydrogens is 282 g/mol. The Morgan fingerprint density at radius 2 is 1.95 bits per heavy atom. The fourth-order valence-corrected chi connectivity index (χ4v) is 3.00. The van der Waals surface area contributed by atoms with Crippen LogP contribution >= 0.6 is 0 Å². The minimum Gasteiger partial charge on any atom is -0.481 e. The molecule has 0 aliphatic carbocycles. The first kappa shape index (κ1) is 14.4. The topological polar surface area (TPSA) is 70.8 Å². The molecular formula is C17H17NO4. The smallest absolute Gasteiger partial charge is 0.308 e. The zero-order chi connectivity index (χ0) is 15.7. The third-order valence-electron chi connectivity index (χ3n) is 4.13. The van der Waals surface area contributed by atoms with Crippen molar-refractivity contribution in [3.63, 3.8) is 0 Å². The second-order valence-electron chi connectivity index (χ2n) is 5.62. The molecule has 1 aromatic carbocycles. The van der Waals surface area contributed by atoms with Crippen LogP contribution in [0, 0.1) is 12.8 Å². The van der Waals surface area contributed by atoms with Gasteiger partial charge in [0.2, 0.25) is 0 Å². The van der Waals surface area contributed by atoms with Gasteiger partial charge in [-0.15, -0.1) is 0 Å². The zero-order valence-corrected chi connectivity index (χ0v) is 12.2. The van der Waals surface area contributed by atoms with Crippen LogP contribution in [0.5, 0.6) is 0 Å². The zero-order valence-electron chi connectivity index (χ0n) is 12.2. The average molecular weight is 299 g/mol. The fraction of sp³-hybridized carbons (Fsp3) is 0.294. The molecule has 1 N–H and O–H groups in total. The average Bonchev–Trinajstić information content (AvgIpc) is 3.14. The SMILES string of the molecule is Cc1cc(C(=O)N2CC(C(=O)O)C(c3ccccc3)C2)co1. The standard InChI is InChI=1S/C17H17NO4/c1-11-7-13(10-22-11)16(19)18-8-14(15(9-18)17(20)21)12-5-3-2-4-6-12/h2-7,10,14-15H,8-9H2,1H3,(H,20,21). The van der Waals surface area contributed by atoms with Crippen molar-refractivity contribution in [1.29, 1.82) is 0 Å². The van der Waals surface area contributed by atoms with Gasteiger partial charge in [0, 0.05) is 19.0 Å². The molecule has 2 atom stereocenters. The number of hydrogen-bond acceptors (Lipinski definition) is 3. The minimum absolute atomic E-state index is 0.179. The van der Waals surface area contributed by atoms with Crippen molar-refractivity contribution >= 4 is 11.9 Å². The van der Waals surface area contributed by atoms with Crippen molar-refractivity contribution in [2.24, 2.45) is 5.92 Å². The maximum atomic E-state index is 12.5. The lowest BCUT2D eigenvalue weighted by Crippen LogP contribution is -2.29. The van der Waals surface area contributed by atoms with E-state index in [1.165, 1.54) is 6.26 Å². The van der Waals surface area contributed by atoms with Crippen LogP contribution in [-0.2, 0) is 4.79 Å². The van der Waals surface area contributed by atoms with Gasteiger partial charge in [0.1, 0.15) is 12.0 Å². The molecule has 1 aliphatic rings. The van der Waals surface area contributed by atoms with Crippen molar-refractivity contribution in [2.75, 3.05) is 13.1 Å². The van der Waals surface area contributed by atoms with Gasteiger partial charge in [-0.3, -0.25) is 9.59 Å². The number of carboxylic acids is 1. The lowest BCUT2D eigenvalue weighted by atomic mass is 9.89. The number of hydrogen-bond donors (Lipinski definition) is 1. The van der Waals surface area contributed by atoms with E-state index in [-0.39, 0.29) is 18.4 Å². The molecule has 2 unspecified atom stereocenters. The van der Waals surface area contributed by atoms with Gasteiger partial charge in [0.25, 0.3) is 5.91 Å². The molecule has 1 saturated heterocycles. The first-order valence-corrected chi connectivity index (χ1v) is 7.18. The van der Waals surface area contributed by atoms with Crippen LogP contribution in [0.25, 0.3) is 0 Å². The van der Waals surface area contributed by atoms with Gasteiger partial charge >= 0.3 is 5.97 Å². The summed E-state index contributed by atoms with van der Waals surface area (Å²) in [6, 6.07) is 11.2.